The fraction of sp³-hybridized carbons (Fsp3) is 0.800. The lowest BCUT2D eigenvalue weighted by molar-refractivity contribution is -0.497. The van der Waals surface area contributed by atoms with Crippen molar-refractivity contribution in [3.63, 3.8) is 0 Å². The molecule has 86 valence electrons. The largest absolute Gasteiger partial charge is 0.337 e. The van der Waals surface area contributed by atoms with E-state index in [1.807, 2.05) is 0 Å². The number of nitrogens with one attached hydrogen (secondary N) is 1. The molecule has 0 aromatic carbocycles. The lowest BCUT2D eigenvalue weighted by Crippen LogP contribution is -2.46. The van der Waals surface area contributed by atoms with Crippen LogP contribution < -0.4 is 5.32 Å². The molecule has 6 heteroatoms. The first-order valence-corrected chi connectivity index (χ1v) is 5.45. The van der Waals surface area contributed by atoms with Crippen molar-refractivity contribution in [1.29, 1.82) is 5.26 Å². The van der Waals surface area contributed by atoms with E-state index >= 15 is 0 Å². The molecule has 0 bridgehead atoms. The molecular formula is C10H13N3O3. The summed E-state index contributed by atoms with van der Waals surface area (Å²) < 4.78 is 0. The molecule has 0 heterocycles. The molecule has 1 amide bonds. The first-order chi connectivity index (χ1) is 7.58. The third-order valence-electron chi connectivity index (χ3n) is 3.40. The Kier molecular flexibility index (Phi) is 2.54. The van der Waals surface area contributed by atoms with Gasteiger partial charge in [0, 0.05) is 11.3 Å². The molecule has 0 radical (unpaired) electrons. The minimum atomic E-state index is -0.763. The van der Waals surface area contributed by atoms with Gasteiger partial charge in [-0.3, -0.25) is 14.9 Å². The van der Waals surface area contributed by atoms with Gasteiger partial charge in [0.15, 0.2) is 0 Å². The summed E-state index contributed by atoms with van der Waals surface area (Å²) in [5.74, 6) is -0.856. The number of hydrogen-bond donors (Lipinski definition) is 1. The molecule has 2 aliphatic carbocycles. The van der Waals surface area contributed by atoms with Gasteiger partial charge in [-0.1, -0.05) is 0 Å². The normalized spacial score (nSPS) is 30.4. The van der Waals surface area contributed by atoms with Gasteiger partial charge in [-0.15, -0.1) is 0 Å². The number of rotatable bonds is 3. The zero-order valence-corrected chi connectivity index (χ0v) is 8.81. The minimum Gasteiger partial charge on any atom is -0.337 e. The number of amides is 1. The predicted molar refractivity (Wildman–Crippen MR) is 53.8 cm³/mol. The summed E-state index contributed by atoms with van der Waals surface area (Å²) >= 11 is 0. The van der Waals surface area contributed by atoms with Gasteiger partial charge >= 0.3 is 0 Å². The second-order valence-corrected chi connectivity index (χ2v) is 4.59. The third kappa shape index (κ3) is 1.85. The van der Waals surface area contributed by atoms with Crippen LogP contribution in [0.2, 0.25) is 0 Å². The monoisotopic (exact) mass is 223 g/mol. The SMILES string of the molecule is N#CC1(NC(=O)[C@@H]2C[C@@H]2[N+](=O)[O-])CCCC1. The van der Waals surface area contributed by atoms with E-state index in [9.17, 15) is 14.9 Å². The van der Waals surface area contributed by atoms with Crippen molar-refractivity contribution < 1.29 is 9.72 Å². The Balaban J connectivity index is 1.93. The van der Waals surface area contributed by atoms with Crippen LogP contribution in [0.5, 0.6) is 0 Å². The molecular weight excluding hydrogens is 210 g/mol. The molecule has 0 spiro atoms. The summed E-state index contributed by atoms with van der Waals surface area (Å²) in [7, 11) is 0. The summed E-state index contributed by atoms with van der Waals surface area (Å²) in [6.45, 7) is 0. The molecule has 2 aliphatic rings. The summed E-state index contributed by atoms with van der Waals surface area (Å²) in [6.07, 6.45) is 3.48. The predicted octanol–water partition coefficient (Wildman–Crippen LogP) is 0.604. The Labute approximate surface area is 92.8 Å². The molecule has 2 fully saturated rings. The Hall–Kier alpha value is -1.64. The summed E-state index contributed by atoms with van der Waals surface area (Å²) in [4.78, 5) is 21.7. The Morgan fingerprint density at radius 2 is 2.12 bits per heavy atom. The molecule has 2 rings (SSSR count). The van der Waals surface area contributed by atoms with E-state index in [1.165, 1.54) is 0 Å². The topological polar surface area (TPSA) is 96.0 Å². The molecule has 0 aliphatic heterocycles. The molecule has 1 N–H and O–H groups in total. The maximum absolute atomic E-state index is 11.7. The van der Waals surface area contributed by atoms with Crippen LogP contribution in [-0.2, 0) is 4.79 Å². The number of nitro groups is 1. The number of carbonyl (C=O) groups excluding carboxylic acids is 1. The Bertz CT molecular complexity index is 368. The first kappa shape index (κ1) is 10.9. The summed E-state index contributed by atoms with van der Waals surface area (Å²) in [5, 5.41) is 22.2. The van der Waals surface area contributed by atoms with Crippen LogP contribution in [-0.4, -0.2) is 22.4 Å². The average Bonchev–Trinajstić information content (AvgIpc) is 2.94. The lowest BCUT2D eigenvalue weighted by atomic mass is 9.99. The van der Waals surface area contributed by atoms with E-state index in [4.69, 9.17) is 5.26 Å². The standard InChI is InChI=1S/C10H13N3O3/c11-6-10(3-1-2-4-10)12-9(14)7-5-8(7)13(15)16/h7-8H,1-5H2,(H,12,14)/t7-,8+/m1/s1. The van der Waals surface area contributed by atoms with Crippen LogP contribution in [0.4, 0.5) is 0 Å². The molecule has 6 nitrogen and oxygen atoms in total. The zero-order valence-electron chi connectivity index (χ0n) is 8.81. The highest BCUT2D eigenvalue weighted by Crippen LogP contribution is 2.35. The van der Waals surface area contributed by atoms with Gasteiger partial charge < -0.3 is 5.32 Å². The van der Waals surface area contributed by atoms with Crippen LogP contribution in [0.3, 0.4) is 0 Å². The fourth-order valence-corrected chi connectivity index (χ4v) is 2.27. The summed E-state index contributed by atoms with van der Waals surface area (Å²) in [6, 6.07) is 1.39. The van der Waals surface area contributed by atoms with Gasteiger partial charge in [-0.25, -0.2) is 0 Å². The lowest BCUT2D eigenvalue weighted by Gasteiger charge is -2.21. The van der Waals surface area contributed by atoms with Gasteiger partial charge in [0.2, 0.25) is 11.9 Å². The van der Waals surface area contributed by atoms with Gasteiger partial charge in [-0.05, 0) is 25.7 Å². The van der Waals surface area contributed by atoms with Crippen LogP contribution in [0.25, 0.3) is 0 Å². The van der Waals surface area contributed by atoms with E-state index in [0.29, 0.717) is 19.3 Å². The van der Waals surface area contributed by atoms with Crippen LogP contribution in [0.15, 0.2) is 0 Å². The molecule has 0 unspecified atom stereocenters. The maximum atomic E-state index is 11.7. The second kappa shape index (κ2) is 3.74. The number of nitrogens with zero attached hydrogens (tertiary/aromatic N) is 2. The van der Waals surface area contributed by atoms with Crippen molar-refractivity contribution in [2.24, 2.45) is 5.92 Å². The Morgan fingerprint density at radius 1 is 1.50 bits per heavy atom. The molecule has 2 atom stereocenters. The van der Waals surface area contributed by atoms with E-state index in [0.717, 1.165) is 12.8 Å². The average molecular weight is 223 g/mol. The molecule has 0 saturated heterocycles. The van der Waals surface area contributed by atoms with Crippen molar-refractivity contribution in [3.8, 4) is 6.07 Å². The van der Waals surface area contributed by atoms with Crippen LogP contribution >= 0.6 is 0 Å². The van der Waals surface area contributed by atoms with E-state index in [1.54, 1.807) is 0 Å². The van der Waals surface area contributed by atoms with E-state index in [-0.39, 0.29) is 5.91 Å². The fourth-order valence-electron chi connectivity index (χ4n) is 2.27. The van der Waals surface area contributed by atoms with Crippen molar-refractivity contribution in [2.45, 2.75) is 43.7 Å². The number of nitriles is 1. The van der Waals surface area contributed by atoms with E-state index in [2.05, 4.69) is 11.4 Å². The van der Waals surface area contributed by atoms with Crippen molar-refractivity contribution in [2.75, 3.05) is 0 Å². The molecule has 0 aromatic rings. The van der Waals surface area contributed by atoms with Crippen LogP contribution in [0, 0.1) is 27.4 Å². The summed E-state index contributed by atoms with van der Waals surface area (Å²) in [5.41, 5.74) is -0.763. The minimum absolute atomic E-state index is 0.306. The van der Waals surface area contributed by atoms with E-state index < -0.39 is 22.4 Å². The van der Waals surface area contributed by atoms with Gasteiger partial charge in [0.1, 0.15) is 11.5 Å². The highest BCUT2D eigenvalue weighted by Gasteiger charge is 2.54. The van der Waals surface area contributed by atoms with Crippen molar-refractivity contribution in [3.05, 3.63) is 10.1 Å². The Morgan fingerprint density at radius 3 is 2.56 bits per heavy atom. The van der Waals surface area contributed by atoms with Crippen molar-refractivity contribution in [1.82, 2.24) is 5.32 Å². The van der Waals surface area contributed by atoms with Crippen LogP contribution in [0.1, 0.15) is 32.1 Å². The first-order valence-electron chi connectivity index (χ1n) is 5.45. The van der Waals surface area contributed by atoms with Gasteiger partial charge in [0.05, 0.1) is 6.07 Å². The highest BCUT2D eigenvalue weighted by atomic mass is 16.6. The number of hydrogen-bond acceptors (Lipinski definition) is 4. The number of carbonyl (C=O) groups is 1. The maximum Gasteiger partial charge on any atom is 0.231 e. The molecule has 16 heavy (non-hydrogen) atoms. The third-order valence-corrected chi connectivity index (χ3v) is 3.40. The quantitative estimate of drug-likeness (QED) is 0.559. The van der Waals surface area contributed by atoms with Crippen molar-refractivity contribution >= 4 is 5.91 Å². The zero-order chi connectivity index (χ0) is 11.8. The second-order valence-electron chi connectivity index (χ2n) is 4.59. The van der Waals surface area contributed by atoms with Gasteiger partial charge in [-0.2, -0.15) is 5.26 Å². The molecule has 0 aromatic heterocycles. The smallest absolute Gasteiger partial charge is 0.231 e. The van der Waals surface area contributed by atoms with Gasteiger partial charge in [0.25, 0.3) is 0 Å². The highest BCUT2D eigenvalue weighted by molar-refractivity contribution is 5.83. The molecule has 2 saturated carbocycles.